The zero-order valence-electron chi connectivity index (χ0n) is 12.0. The molecule has 0 aliphatic rings. The number of rotatable bonds is 6. The summed E-state index contributed by atoms with van der Waals surface area (Å²) in [6.07, 6.45) is -0.608. The monoisotopic (exact) mass is 347 g/mol. The zero-order chi connectivity index (χ0) is 16.8. The first-order valence-corrected chi connectivity index (χ1v) is 7.90. The molecule has 0 fully saturated rings. The van der Waals surface area contributed by atoms with E-state index < -0.39 is 18.2 Å². The van der Waals surface area contributed by atoms with Crippen molar-refractivity contribution in [2.45, 2.75) is 11.3 Å². The quantitative estimate of drug-likeness (QED) is 0.472. The summed E-state index contributed by atoms with van der Waals surface area (Å²) >= 11 is 6.98. The second-order valence-electron chi connectivity index (χ2n) is 4.66. The molecular formula is C17H14ClNO3S. The molecule has 0 heterocycles. The summed E-state index contributed by atoms with van der Waals surface area (Å²) in [5.74, 6) is -1.72. The van der Waals surface area contributed by atoms with Gasteiger partial charge in [0.05, 0.1) is 10.6 Å². The van der Waals surface area contributed by atoms with E-state index in [9.17, 15) is 9.59 Å². The topological polar surface area (TPSA) is 80.4 Å². The molecule has 0 aliphatic carbocycles. The van der Waals surface area contributed by atoms with Crippen LogP contribution in [-0.4, -0.2) is 16.9 Å². The first-order valence-electron chi connectivity index (χ1n) is 6.71. The fourth-order valence-corrected chi connectivity index (χ4v) is 2.90. The Kier molecular flexibility index (Phi) is 5.84. The number of carbonyl (C=O) groups is 2. The molecule has 0 spiro atoms. The molecule has 0 bridgehead atoms. The predicted octanol–water partition coefficient (Wildman–Crippen LogP) is 3.80. The highest BCUT2D eigenvalue weighted by Gasteiger charge is 2.19. The van der Waals surface area contributed by atoms with Gasteiger partial charge in [0, 0.05) is 9.92 Å². The third kappa shape index (κ3) is 4.87. The molecule has 3 N–H and O–H groups in total. The van der Waals surface area contributed by atoms with Crippen molar-refractivity contribution in [1.82, 2.24) is 0 Å². The Morgan fingerprint density at radius 3 is 2.22 bits per heavy atom. The number of Topliss-reactive ketones (excluding diaryl/α,β-unsaturated/α-hetero) is 1. The van der Waals surface area contributed by atoms with Crippen LogP contribution in [0.1, 0.15) is 12.0 Å². The minimum Gasteiger partial charge on any atom is -0.481 e. The summed E-state index contributed by atoms with van der Waals surface area (Å²) in [6, 6.07) is 15.9. The van der Waals surface area contributed by atoms with Crippen molar-refractivity contribution < 1.29 is 14.7 Å². The lowest BCUT2D eigenvalue weighted by Gasteiger charge is -2.11. The molecule has 0 amide bonds. The lowest BCUT2D eigenvalue weighted by molar-refractivity contribution is -0.139. The lowest BCUT2D eigenvalue weighted by Crippen LogP contribution is -2.12. The molecule has 2 rings (SSSR count). The van der Waals surface area contributed by atoms with E-state index in [0.717, 1.165) is 16.7 Å². The molecule has 0 saturated heterocycles. The average Bonchev–Trinajstić information content (AvgIpc) is 2.54. The minimum absolute atomic E-state index is 0.209. The number of halogens is 1. The molecule has 0 atom stereocenters. The molecule has 2 aromatic rings. The van der Waals surface area contributed by atoms with E-state index >= 15 is 0 Å². The SMILES string of the molecule is N/C(=C(/Sc1ccc(Cl)cc1)C(=O)CC(=O)O)c1ccccc1. The van der Waals surface area contributed by atoms with E-state index in [2.05, 4.69) is 0 Å². The molecule has 0 unspecified atom stereocenters. The molecule has 118 valence electrons. The van der Waals surface area contributed by atoms with Gasteiger partial charge in [0.25, 0.3) is 0 Å². The van der Waals surface area contributed by atoms with Crippen molar-refractivity contribution in [3.05, 3.63) is 70.1 Å². The fraction of sp³-hybridized carbons (Fsp3) is 0.0588. The van der Waals surface area contributed by atoms with E-state index in [-0.39, 0.29) is 10.6 Å². The summed E-state index contributed by atoms with van der Waals surface area (Å²) in [4.78, 5) is 24.1. The van der Waals surface area contributed by atoms with Crippen LogP contribution in [0, 0.1) is 0 Å². The van der Waals surface area contributed by atoms with Gasteiger partial charge in [-0.15, -0.1) is 0 Å². The van der Waals surface area contributed by atoms with Gasteiger partial charge in [-0.05, 0) is 29.8 Å². The first-order chi connectivity index (χ1) is 11.0. The third-order valence-corrected chi connectivity index (χ3v) is 4.34. The standard InChI is InChI=1S/C17H14ClNO3S/c18-12-6-8-13(9-7-12)23-17(14(20)10-15(21)22)16(19)11-4-2-1-3-5-11/h1-9H,10,19H2,(H,21,22)/b17-16+. The molecule has 6 heteroatoms. The third-order valence-electron chi connectivity index (χ3n) is 2.93. The molecule has 0 saturated carbocycles. The van der Waals surface area contributed by atoms with E-state index in [1.807, 2.05) is 6.07 Å². The van der Waals surface area contributed by atoms with Crippen molar-refractivity contribution in [3.63, 3.8) is 0 Å². The minimum atomic E-state index is -1.19. The molecule has 4 nitrogen and oxygen atoms in total. The van der Waals surface area contributed by atoms with E-state index in [4.69, 9.17) is 22.4 Å². The summed E-state index contributed by atoms with van der Waals surface area (Å²) in [7, 11) is 0. The predicted molar refractivity (Wildman–Crippen MR) is 92.1 cm³/mol. The van der Waals surface area contributed by atoms with Gasteiger partial charge in [-0.3, -0.25) is 9.59 Å². The van der Waals surface area contributed by atoms with Gasteiger partial charge in [0.15, 0.2) is 5.78 Å². The Bertz CT molecular complexity index is 742. The Hall–Kier alpha value is -2.24. The summed E-state index contributed by atoms with van der Waals surface area (Å²) in [6.45, 7) is 0. The number of hydrogen-bond acceptors (Lipinski definition) is 4. The summed E-state index contributed by atoms with van der Waals surface area (Å²) in [5.41, 5.74) is 7.04. The number of ketones is 1. The van der Waals surface area contributed by atoms with Crippen LogP contribution in [0.15, 0.2) is 64.4 Å². The molecule has 23 heavy (non-hydrogen) atoms. The zero-order valence-corrected chi connectivity index (χ0v) is 13.6. The van der Waals surface area contributed by atoms with Crippen LogP contribution in [0.3, 0.4) is 0 Å². The number of aliphatic carboxylic acids is 1. The van der Waals surface area contributed by atoms with E-state index in [1.54, 1.807) is 48.5 Å². The highest BCUT2D eigenvalue weighted by atomic mass is 35.5. The summed E-state index contributed by atoms with van der Waals surface area (Å²) in [5, 5.41) is 9.45. The molecule has 0 radical (unpaired) electrons. The largest absolute Gasteiger partial charge is 0.481 e. The number of hydrogen-bond donors (Lipinski definition) is 2. The number of thioether (sulfide) groups is 1. The van der Waals surface area contributed by atoms with Crippen LogP contribution >= 0.6 is 23.4 Å². The Morgan fingerprint density at radius 1 is 1.04 bits per heavy atom. The van der Waals surface area contributed by atoms with Gasteiger partial charge in [-0.2, -0.15) is 0 Å². The smallest absolute Gasteiger partial charge is 0.311 e. The maximum atomic E-state index is 12.3. The second kappa shape index (κ2) is 7.85. The number of carbonyl (C=O) groups excluding carboxylic acids is 1. The fourth-order valence-electron chi connectivity index (χ4n) is 1.85. The Balaban J connectivity index is 2.40. The Labute approximate surface area is 143 Å². The maximum absolute atomic E-state index is 12.3. The summed E-state index contributed by atoms with van der Waals surface area (Å²) < 4.78 is 0. The van der Waals surface area contributed by atoms with Gasteiger partial charge < -0.3 is 10.8 Å². The highest BCUT2D eigenvalue weighted by molar-refractivity contribution is 8.04. The van der Waals surface area contributed by atoms with Gasteiger partial charge in [0.1, 0.15) is 6.42 Å². The second-order valence-corrected chi connectivity index (χ2v) is 6.18. The molecule has 2 aromatic carbocycles. The van der Waals surface area contributed by atoms with Crippen LogP contribution in [0.25, 0.3) is 5.70 Å². The number of allylic oxidation sites excluding steroid dienone is 1. The number of carboxylic acids is 1. The van der Waals surface area contributed by atoms with Gasteiger partial charge >= 0.3 is 5.97 Å². The van der Waals surface area contributed by atoms with Crippen molar-refractivity contribution in [2.75, 3.05) is 0 Å². The van der Waals surface area contributed by atoms with Crippen LogP contribution in [0.4, 0.5) is 0 Å². The van der Waals surface area contributed by atoms with E-state index in [1.165, 1.54) is 0 Å². The number of benzene rings is 2. The Morgan fingerprint density at radius 2 is 1.65 bits per heavy atom. The number of carboxylic acid groups (broad SMARTS) is 1. The van der Waals surface area contributed by atoms with Crippen molar-refractivity contribution >= 4 is 40.8 Å². The first kappa shape index (κ1) is 17.1. The van der Waals surface area contributed by atoms with Crippen molar-refractivity contribution in [3.8, 4) is 0 Å². The van der Waals surface area contributed by atoms with Crippen LogP contribution in [0.2, 0.25) is 5.02 Å². The van der Waals surface area contributed by atoms with Crippen molar-refractivity contribution in [2.24, 2.45) is 5.73 Å². The molecule has 0 aromatic heterocycles. The van der Waals surface area contributed by atoms with Crippen LogP contribution in [0.5, 0.6) is 0 Å². The molecular weight excluding hydrogens is 334 g/mol. The van der Waals surface area contributed by atoms with E-state index in [0.29, 0.717) is 10.6 Å². The lowest BCUT2D eigenvalue weighted by atomic mass is 10.1. The maximum Gasteiger partial charge on any atom is 0.311 e. The normalized spacial score (nSPS) is 11.7. The van der Waals surface area contributed by atoms with Crippen LogP contribution in [-0.2, 0) is 9.59 Å². The van der Waals surface area contributed by atoms with Gasteiger partial charge in [-0.25, -0.2) is 0 Å². The highest BCUT2D eigenvalue weighted by Crippen LogP contribution is 2.32. The van der Waals surface area contributed by atoms with Crippen molar-refractivity contribution in [1.29, 1.82) is 0 Å². The average molecular weight is 348 g/mol. The molecule has 0 aliphatic heterocycles. The van der Waals surface area contributed by atoms with Gasteiger partial charge in [0.2, 0.25) is 0 Å². The number of nitrogens with two attached hydrogens (primary N) is 1. The van der Waals surface area contributed by atoms with Gasteiger partial charge in [-0.1, -0.05) is 53.7 Å². The van der Waals surface area contributed by atoms with Crippen LogP contribution < -0.4 is 5.73 Å².